The number of alkyl halides is 2. The molecule has 0 aliphatic heterocycles. The molecule has 0 heterocycles. The van der Waals surface area contributed by atoms with Crippen LogP contribution >= 0.6 is 0 Å². The summed E-state index contributed by atoms with van der Waals surface area (Å²) in [7, 11) is 0. The predicted molar refractivity (Wildman–Crippen MR) is 97.4 cm³/mol. The van der Waals surface area contributed by atoms with Gasteiger partial charge in [0.1, 0.15) is 0 Å². The second-order valence-corrected chi connectivity index (χ2v) is 9.54. The first-order valence-corrected chi connectivity index (χ1v) is 10.8. The summed E-state index contributed by atoms with van der Waals surface area (Å²) in [6.07, 6.45) is 16.6. The monoisotopic (exact) mass is 340 g/mol. The molecule has 0 N–H and O–H groups in total. The van der Waals surface area contributed by atoms with E-state index >= 15 is 0 Å². The highest BCUT2D eigenvalue weighted by molar-refractivity contribution is 5.04. The maximum atomic E-state index is 14.8. The van der Waals surface area contributed by atoms with Crippen LogP contribution in [0.25, 0.3) is 0 Å². The highest BCUT2D eigenvalue weighted by atomic mass is 19.3. The van der Waals surface area contributed by atoms with Gasteiger partial charge in [0.25, 0.3) is 5.92 Å². The van der Waals surface area contributed by atoms with Crippen LogP contribution in [0.2, 0.25) is 0 Å². The van der Waals surface area contributed by atoms with Crippen LogP contribution in [0.4, 0.5) is 8.78 Å². The van der Waals surface area contributed by atoms with Gasteiger partial charge in [-0.2, -0.15) is 0 Å². The van der Waals surface area contributed by atoms with Crippen LogP contribution in [-0.2, 0) is 0 Å². The van der Waals surface area contributed by atoms with Crippen LogP contribution in [0.1, 0.15) is 110 Å². The molecule has 4 aliphatic rings. The first-order chi connectivity index (χ1) is 11.5. The first-order valence-electron chi connectivity index (χ1n) is 10.8. The van der Waals surface area contributed by atoms with E-state index in [1.807, 2.05) is 0 Å². The Kier molecular flexibility index (Phi) is 5.62. The van der Waals surface area contributed by atoms with Crippen molar-refractivity contribution in [3.63, 3.8) is 0 Å². The quantitative estimate of drug-likeness (QED) is 0.444. The minimum absolute atomic E-state index is 0.198. The molecule has 0 saturated heterocycles. The lowest BCUT2D eigenvalue weighted by molar-refractivity contribution is -0.148. The molecule has 24 heavy (non-hydrogen) atoms. The summed E-state index contributed by atoms with van der Waals surface area (Å²) in [5.74, 6) is -2.43. The molecule has 4 rings (SSSR count). The van der Waals surface area contributed by atoms with Crippen molar-refractivity contribution in [2.45, 2.75) is 116 Å². The van der Waals surface area contributed by atoms with E-state index in [9.17, 15) is 8.78 Å². The van der Waals surface area contributed by atoms with Gasteiger partial charge in [-0.15, -0.1) is 0 Å². The van der Waals surface area contributed by atoms with E-state index in [-0.39, 0.29) is 17.8 Å². The molecule has 0 amide bonds. The lowest BCUT2D eigenvalue weighted by Gasteiger charge is -2.58. The van der Waals surface area contributed by atoms with E-state index in [2.05, 4.69) is 13.8 Å². The van der Waals surface area contributed by atoms with Crippen LogP contribution in [0.15, 0.2) is 0 Å². The van der Waals surface area contributed by atoms with Crippen LogP contribution in [0, 0.1) is 22.7 Å². The molecule has 2 bridgehead atoms. The summed E-state index contributed by atoms with van der Waals surface area (Å²) in [4.78, 5) is 0. The topological polar surface area (TPSA) is 0 Å². The molecule has 140 valence electrons. The van der Waals surface area contributed by atoms with Crippen molar-refractivity contribution in [1.29, 1.82) is 0 Å². The molecule has 0 aromatic rings. The van der Waals surface area contributed by atoms with Crippen LogP contribution in [0.5, 0.6) is 0 Å². The summed E-state index contributed by atoms with van der Waals surface area (Å²) in [5.41, 5.74) is 0.881. The van der Waals surface area contributed by atoms with Crippen molar-refractivity contribution in [3.8, 4) is 0 Å². The fourth-order valence-corrected chi connectivity index (χ4v) is 6.37. The minimum atomic E-state index is -2.40. The van der Waals surface area contributed by atoms with Gasteiger partial charge in [0.05, 0.1) is 0 Å². The summed E-state index contributed by atoms with van der Waals surface area (Å²) in [5, 5.41) is 0. The second kappa shape index (κ2) is 7.23. The maximum absolute atomic E-state index is 14.8. The Balaban J connectivity index is 1.61. The Bertz CT molecular complexity index is 390. The number of halogens is 2. The number of unbranched alkanes of at least 4 members (excludes halogenated alkanes) is 2. The van der Waals surface area contributed by atoms with E-state index in [1.165, 1.54) is 57.8 Å². The average Bonchev–Trinajstić information content (AvgIpc) is 2.60. The zero-order valence-electron chi connectivity index (χ0n) is 16.0. The van der Waals surface area contributed by atoms with E-state index in [1.54, 1.807) is 0 Å². The Hall–Kier alpha value is -0.140. The third-order valence-corrected chi connectivity index (χ3v) is 8.27. The van der Waals surface area contributed by atoms with Crippen molar-refractivity contribution in [1.82, 2.24) is 0 Å². The molecule has 0 unspecified atom stereocenters. The highest BCUT2D eigenvalue weighted by Crippen LogP contribution is 2.64. The van der Waals surface area contributed by atoms with Crippen molar-refractivity contribution in [2.24, 2.45) is 22.7 Å². The number of hydrogen-bond acceptors (Lipinski definition) is 0. The van der Waals surface area contributed by atoms with Crippen molar-refractivity contribution >= 4 is 0 Å². The average molecular weight is 341 g/mol. The van der Waals surface area contributed by atoms with Gasteiger partial charge in [0.15, 0.2) is 0 Å². The van der Waals surface area contributed by atoms with E-state index in [0.29, 0.717) is 11.3 Å². The fourth-order valence-electron chi connectivity index (χ4n) is 6.37. The van der Waals surface area contributed by atoms with Gasteiger partial charge in [-0.3, -0.25) is 0 Å². The van der Waals surface area contributed by atoms with Crippen molar-refractivity contribution in [2.75, 3.05) is 0 Å². The van der Waals surface area contributed by atoms with E-state index in [4.69, 9.17) is 0 Å². The molecule has 2 atom stereocenters. The Labute approximate surface area is 148 Å². The lowest BCUT2D eigenvalue weighted by Crippen LogP contribution is -2.49. The Morgan fingerprint density at radius 2 is 1.46 bits per heavy atom. The Morgan fingerprint density at radius 1 is 0.833 bits per heavy atom. The van der Waals surface area contributed by atoms with Gasteiger partial charge in [0, 0.05) is 12.3 Å². The van der Waals surface area contributed by atoms with Crippen molar-refractivity contribution in [3.05, 3.63) is 0 Å². The van der Waals surface area contributed by atoms with Gasteiger partial charge in [0.2, 0.25) is 0 Å². The molecule has 2 heteroatoms. The van der Waals surface area contributed by atoms with Crippen LogP contribution < -0.4 is 0 Å². The van der Waals surface area contributed by atoms with Gasteiger partial charge < -0.3 is 0 Å². The smallest absolute Gasteiger partial charge is 0.207 e. The zero-order valence-corrected chi connectivity index (χ0v) is 16.0. The molecular formula is C22H38F2. The van der Waals surface area contributed by atoms with Gasteiger partial charge in [-0.05, 0) is 81.0 Å². The van der Waals surface area contributed by atoms with Crippen molar-refractivity contribution < 1.29 is 8.78 Å². The second-order valence-electron chi connectivity index (χ2n) is 9.54. The molecule has 4 saturated carbocycles. The predicted octanol–water partition coefficient (Wildman–Crippen LogP) is 7.76. The SMILES string of the molecule is CCCC[C@H]1CC[C@H](C23CCC(CCCC)(CC2)CC3)CC1(F)F. The summed E-state index contributed by atoms with van der Waals surface area (Å²) in [6.45, 7) is 4.39. The van der Waals surface area contributed by atoms with Gasteiger partial charge in [-0.25, -0.2) is 8.78 Å². The molecule has 0 spiro atoms. The molecule has 0 radical (unpaired) electrons. The first kappa shape index (κ1) is 18.6. The van der Waals surface area contributed by atoms with Crippen LogP contribution in [-0.4, -0.2) is 5.92 Å². The fraction of sp³-hybridized carbons (Fsp3) is 1.00. The van der Waals surface area contributed by atoms with Gasteiger partial charge in [-0.1, -0.05) is 39.5 Å². The standard InChI is InChI=1S/C22H38F2/c1-3-5-7-18-8-9-19(17-22(18,23)24)21-14-11-20(12-15-21,13-16-21)10-6-4-2/h18-19H,3-17H2,1-2H3/t18-,19-,20?,21?/m0/s1. The maximum Gasteiger partial charge on any atom is 0.251 e. The van der Waals surface area contributed by atoms with E-state index < -0.39 is 5.92 Å². The largest absolute Gasteiger partial charge is 0.251 e. The number of hydrogen-bond donors (Lipinski definition) is 0. The Morgan fingerprint density at radius 3 is 2.00 bits per heavy atom. The van der Waals surface area contributed by atoms with Crippen LogP contribution in [0.3, 0.4) is 0 Å². The summed E-state index contributed by atoms with van der Waals surface area (Å²) < 4.78 is 29.5. The lowest BCUT2D eigenvalue weighted by atomic mass is 9.47. The molecule has 0 nitrogen and oxygen atoms in total. The molecule has 0 aromatic heterocycles. The third-order valence-electron chi connectivity index (χ3n) is 8.27. The van der Waals surface area contributed by atoms with Gasteiger partial charge >= 0.3 is 0 Å². The minimum Gasteiger partial charge on any atom is -0.207 e. The number of fused-ring (bicyclic) bond motifs is 3. The zero-order chi connectivity index (χ0) is 17.3. The molecular weight excluding hydrogens is 302 g/mol. The van der Waals surface area contributed by atoms with E-state index in [0.717, 1.165) is 32.1 Å². The molecule has 4 fully saturated rings. The summed E-state index contributed by atoms with van der Waals surface area (Å²) in [6, 6.07) is 0. The number of rotatable bonds is 7. The normalized spacial score (nSPS) is 41.5. The molecule has 0 aromatic carbocycles. The third kappa shape index (κ3) is 3.54. The summed E-state index contributed by atoms with van der Waals surface area (Å²) >= 11 is 0. The molecule has 4 aliphatic carbocycles. The highest BCUT2D eigenvalue weighted by Gasteiger charge is 2.55.